The van der Waals surface area contributed by atoms with Crippen LogP contribution in [0.3, 0.4) is 0 Å². The van der Waals surface area contributed by atoms with Crippen LogP contribution in [0.15, 0.2) is 34.1 Å². The Bertz CT molecular complexity index is 498. The highest BCUT2D eigenvalue weighted by molar-refractivity contribution is 9.11. The summed E-state index contributed by atoms with van der Waals surface area (Å²) in [4.78, 5) is 1.05. The van der Waals surface area contributed by atoms with Crippen molar-refractivity contribution in [3.8, 4) is 0 Å². The molecular formula is C11H8BrF2NS. The lowest BCUT2D eigenvalue weighted by Gasteiger charge is -2.05. The quantitative estimate of drug-likeness (QED) is 0.886. The van der Waals surface area contributed by atoms with Crippen LogP contribution in [-0.2, 0) is 6.54 Å². The van der Waals surface area contributed by atoms with Gasteiger partial charge >= 0.3 is 0 Å². The average Bonchev–Trinajstić information content (AvgIpc) is 2.66. The highest BCUT2D eigenvalue weighted by Gasteiger charge is 2.04. The van der Waals surface area contributed by atoms with Gasteiger partial charge in [0.15, 0.2) is 0 Å². The van der Waals surface area contributed by atoms with E-state index >= 15 is 0 Å². The number of nitrogens with one attached hydrogen (secondary N) is 1. The molecule has 1 nitrogen and oxygen atoms in total. The molecule has 0 saturated heterocycles. The second-order valence-electron chi connectivity index (χ2n) is 3.18. The predicted molar refractivity (Wildman–Crippen MR) is 65.7 cm³/mol. The molecule has 0 atom stereocenters. The third-order valence-corrected chi connectivity index (χ3v) is 3.63. The number of benzene rings is 1. The summed E-state index contributed by atoms with van der Waals surface area (Å²) in [6, 6.07) is 7.21. The van der Waals surface area contributed by atoms with Crippen molar-refractivity contribution in [1.82, 2.24) is 0 Å². The minimum atomic E-state index is -0.448. The molecule has 0 spiro atoms. The Hall–Kier alpha value is -0.940. The van der Waals surface area contributed by atoms with Crippen molar-refractivity contribution in [3.05, 3.63) is 50.6 Å². The van der Waals surface area contributed by atoms with E-state index in [1.807, 2.05) is 12.1 Å². The summed E-state index contributed by atoms with van der Waals surface area (Å²) in [5.41, 5.74) is 0.185. The monoisotopic (exact) mass is 303 g/mol. The standard InChI is InChI=1S/C11H8BrF2NS/c12-11-4-2-8(16-11)6-15-10-5-7(13)1-3-9(10)14/h1-5,15H,6H2. The molecule has 0 saturated carbocycles. The predicted octanol–water partition coefficient (Wildman–Crippen LogP) is 4.40. The van der Waals surface area contributed by atoms with E-state index in [9.17, 15) is 8.78 Å². The first-order valence-electron chi connectivity index (χ1n) is 4.58. The molecule has 0 aliphatic carbocycles. The molecule has 0 aliphatic heterocycles. The minimum absolute atomic E-state index is 0.185. The van der Waals surface area contributed by atoms with Gasteiger partial charge in [0.1, 0.15) is 11.6 Å². The van der Waals surface area contributed by atoms with Crippen LogP contribution in [0, 0.1) is 11.6 Å². The summed E-state index contributed by atoms with van der Waals surface area (Å²) < 4.78 is 27.1. The molecule has 0 amide bonds. The average molecular weight is 304 g/mol. The molecule has 1 N–H and O–H groups in total. The van der Waals surface area contributed by atoms with Gasteiger partial charge in [-0.3, -0.25) is 0 Å². The molecule has 2 rings (SSSR count). The highest BCUT2D eigenvalue weighted by Crippen LogP contribution is 2.23. The Morgan fingerprint density at radius 3 is 2.69 bits per heavy atom. The van der Waals surface area contributed by atoms with E-state index in [0.29, 0.717) is 6.54 Å². The topological polar surface area (TPSA) is 12.0 Å². The summed E-state index contributed by atoms with van der Waals surface area (Å²) in [6.45, 7) is 0.483. The molecule has 0 aliphatic rings. The van der Waals surface area contributed by atoms with E-state index < -0.39 is 11.6 Å². The van der Waals surface area contributed by atoms with Gasteiger partial charge in [0.2, 0.25) is 0 Å². The summed E-state index contributed by atoms with van der Waals surface area (Å²) in [6.07, 6.45) is 0. The lowest BCUT2D eigenvalue weighted by molar-refractivity contribution is 0.602. The third kappa shape index (κ3) is 2.80. The van der Waals surface area contributed by atoms with Gasteiger partial charge in [-0.25, -0.2) is 8.78 Å². The summed E-state index contributed by atoms with van der Waals surface area (Å²) >= 11 is 4.90. The Labute approximate surface area is 104 Å². The smallest absolute Gasteiger partial charge is 0.146 e. The number of anilines is 1. The molecule has 0 radical (unpaired) electrons. The van der Waals surface area contributed by atoms with Crippen molar-refractivity contribution >= 4 is 33.0 Å². The molecule has 16 heavy (non-hydrogen) atoms. The van der Waals surface area contributed by atoms with Crippen LogP contribution in [0.1, 0.15) is 4.88 Å². The van der Waals surface area contributed by atoms with Crippen molar-refractivity contribution in [1.29, 1.82) is 0 Å². The normalized spacial score (nSPS) is 10.4. The van der Waals surface area contributed by atoms with E-state index in [-0.39, 0.29) is 5.69 Å². The number of halogens is 3. The van der Waals surface area contributed by atoms with Crippen LogP contribution >= 0.6 is 27.3 Å². The van der Waals surface area contributed by atoms with E-state index in [1.54, 1.807) is 11.3 Å². The molecule has 1 aromatic heterocycles. The summed E-state index contributed by atoms with van der Waals surface area (Å²) in [5.74, 6) is -0.895. The second-order valence-corrected chi connectivity index (χ2v) is 5.73. The van der Waals surface area contributed by atoms with Crippen LogP contribution in [0.25, 0.3) is 0 Å². The third-order valence-electron chi connectivity index (χ3n) is 2.01. The molecule has 1 heterocycles. The SMILES string of the molecule is Fc1ccc(F)c(NCc2ccc(Br)s2)c1. The van der Waals surface area contributed by atoms with Crippen LogP contribution < -0.4 is 5.32 Å². The molecule has 84 valence electrons. The zero-order valence-electron chi connectivity index (χ0n) is 8.14. The van der Waals surface area contributed by atoms with Crippen LogP contribution in [-0.4, -0.2) is 0 Å². The van der Waals surface area contributed by atoms with Gasteiger partial charge in [0, 0.05) is 11.4 Å². The summed E-state index contributed by atoms with van der Waals surface area (Å²) in [7, 11) is 0. The first kappa shape index (κ1) is 11.5. The molecule has 5 heteroatoms. The summed E-state index contributed by atoms with van der Waals surface area (Å²) in [5, 5.41) is 2.86. The second kappa shape index (κ2) is 4.93. The Kier molecular flexibility index (Phi) is 3.56. The zero-order chi connectivity index (χ0) is 11.5. The Balaban J connectivity index is 2.07. The Morgan fingerprint density at radius 1 is 1.19 bits per heavy atom. The van der Waals surface area contributed by atoms with Crippen molar-refractivity contribution in [2.75, 3.05) is 5.32 Å². The maximum Gasteiger partial charge on any atom is 0.146 e. The molecular weight excluding hydrogens is 296 g/mol. The number of rotatable bonds is 3. The molecule has 0 bridgehead atoms. The molecule has 0 unspecified atom stereocenters. The van der Waals surface area contributed by atoms with E-state index in [4.69, 9.17) is 0 Å². The van der Waals surface area contributed by atoms with Gasteiger partial charge < -0.3 is 5.32 Å². The van der Waals surface area contributed by atoms with Gasteiger partial charge in [0.05, 0.1) is 9.47 Å². The first-order valence-corrected chi connectivity index (χ1v) is 6.19. The minimum Gasteiger partial charge on any atom is -0.378 e. The van der Waals surface area contributed by atoms with E-state index in [0.717, 1.165) is 26.9 Å². The maximum absolute atomic E-state index is 13.2. The molecule has 2 aromatic rings. The van der Waals surface area contributed by atoms with E-state index in [2.05, 4.69) is 21.2 Å². The van der Waals surface area contributed by atoms with Gasteiger partial charge in [-0.2, -0.15) is 0 Å². The lowest BCUT2D eigenvalue weighted by Crippen LogP contribution is -2.00. The van der Waals surface area contributed by atoms with Crippen LogP contribution in [0.5, 0.6) is 0 Å². The fourth-order valence-electron chi connectivity index (χ4n) is 1.26. The first-order chi connectivity index (χ1) is 7.65. The fraction of sp³-hybridized carbons (Fsp3) is 0.0909. The Morgan fingerprint density at radius 2 is 2.00 bits per heavy atom. The fourth-order valence-corrected chi connectivity index (χ4v) is 2.68. The highest BCUT2D eigenvalue weighted by atomic mass is 79.9. The van der Waals surface area contributed by atoms with Gasteiger partial charge in [0.25, 0.3) is 0 Å². The maximum atomic E-state index is 13.2. The molecule has 1 aromatic carbocycles. The largest absolute Gasteiger partial charge is 0.378 e. The van der Waals surface area contributed by atoms with Crippen LogP contribution in [0.4, 0.5) is 14.5 Å². The van der Waals surface area contributed by atoms with Crippen molar-refractivity contribution in [2.24, 2.45) is 0 Å². The van der Waals surface area contributed by atoms with Crippen molar-refractivity contribution < 1.29 is 8.78 Å². The van der Waals surface area contributed by atoms with Gasteiger partial charge in [-0.15, -0.1) is 11.3 Å². The van der Waals surface area contributed by atoms with E-state index in [1.165, 1.54) is 0 Å². The number of hydrogen-bond acceptors (Lipinski definition) is 2. The van der Waals surface area contributed by atoms with Crippen molar-refractivity contribution in [2.45, 2.75) is 6.54 Å². The molecule has 0 fully saturated rings. The number of thiophene rings is 1. The van der Waals surface area contributed by atoms with Crippen LogP contribution in [0.2, 0.25) is 0 Å². The van der Waals surface area contributed by atoms with Gasteiger partial charge in [-0.1, -0.05) is 0 Å². The number of hydrogen-bond donors (Lipinski definition) is 1. The lowest BCUT2D eigenvalue weighted by atomic mass is 10.3. The zero-order valence-corrected chi connectivity index (χ0v) is 10.5. The van der Waals surface area contributed by atoms with Gasteiger partial charge in [-0.05, 0) is 46.3 Å². The van der Waals surface area contributed by atoms with Crippen molar-refractivity contribution in [3.63, 3.8) is 0 Å².